The van der Waals surface area contributed by atoms with Gasteiger partial charge in [-0.1, -0.05) is 24.3 Å². The number of hydrogen-bond donors (Lipinski definition) is 1. The lowest BCUT2D eigenvalue weighted by atomic mass is 10.3. The van der Waals surface area contributed by atoms with Crippen molar-refractivity contribution in [2.75, 3.05) is 5.32 Å². The highest BCUT2D eigenvalue weighted by Gasteiger charge is 2.09. The van der Waals surface area contributed by atoms with Gasteiger partial charge in [-0.3, -0.25) is 9.78 Å². The lowest BCUT2D eigenvalue weighted by molar-refractivity contribution is -0.116. The molecule has 2 aromatic rings. The molecule has 1 amide bonds. The van der Waals surface area contributed by atoms with Gasteiger partial charge in [0, 0.05) is 12.6 Å². The van der Waals surface area contributed by atoms with Gasteiger partial charge in [0.2, 0.25) is 11.0 Å². The minimum atomic E-state index is -0.0313. The van der Waals surface area contributed by atoms with Gasteiger partial charge >= 0.3 is 0 Å². The van der Waals surface area contributed by atoms with Crippen LogP contribution in [-0.4, -0.2) is 21.1 Å². The molecule has 1 N–H and O–H groups in total. The summed E-state index contributed by atoms with van der Waals surface area (Å²) < 4.78 is 0. The highest BCUT2D eigenvalue weighted by Crippen LogP contribution is 2.24. The Bertz CT molecular complexity index is 497. The van der Waals surface area contributed by atoms with E-state index in [1.165, 1.54) is 11.3 Å². The zero-order valence-corrected chi connectivity index (χ0v) is 10.2. The maximum atomic E-state index is 11.4. The van der Waals surface area contributed by atoms with E-state index in [1.807, 2.05) is 25.1 Å². The van der Waals surface area contributed by atoms with Gasteiger partial charge in [0.1, 0.15) is 5.69 Å². The summed E-state index contributed by atoms with van der Waals surface area (Å²) in [5.41, 5.74) is 0.765. The molecule has 6 heteroatoms. The molecule has 88 valence electrons. The normalized spacial score (nSPS) is 10.2. The standard InChI is InChI=1S/C11H12N4OS/c1-2-5-9(16)13-11-15-14-10(17-11)8-6-3-4-7-12-8/h3-4,6-7H,2,5H2,1H3,(H,13,15,16). The van der Waals surface area contributed by atoms with Gasteiger partial charge in [-0.25, -0.2) is 0 Å². The van der Waals surface area contributed by atoms with Crippen LogP contribution in [0.2, 0.25) is 0 Å². The SMILES string of the molecule is CCCC(=O)Nc1nnc(-c2ccccn2)s1. The molecule has 2 rings (SSSR count). The Morgan fingerprint density at radius 1 is 1.41 bits per heavy atom. The van der Waals surface area contributed by atoms with E-state index in [4.69, 9.17) is 0 Å². The van der Waals surface area contributed by atoms with Crippen molar-refractivity contribution in [1.82, 2.24) is 15.2 Å². The molecule has 0 spiro atoms. The van der Waals surface area contributed by atoms with Crippen molar-refractivity contribution in [3.63, 3.8) is 0 Å². The molecule has 0 fully saturated rings. The molecule has 0 bridgehead atoms. The second-order valence-corrected chi connectivity index (χ2v) is 4.40. The van der Waals surface area contributed by atoms with Gasteiger partial charge in [-0.2, -0.15) is 0 Å². The Morgan fingerprint density at radius 2 is 2.29 bits per heavy atom. The third kappa shape index (κ3) is 3.07. The van der Waals surface area contributed by atoms with Crippen molar-refractivity contribution < 1.29 is 4.79 Å². The number of hydrogen-bond acceptors (Lipinski definition) is 5. The van der Waals surface area contributed by atoms with Crippen LogP contribution in [-0.2, 0) is 4.79 Å². The fourth-order valence-corrected chi connectivity index (χ4v) is 2.01. The van der Waals surface area contributed by atoms with E-state index >= 15 is 0 Å². The Balaban J connectivity index is 2.09. The van der Waals surface area contributed by atoms with Crippen LogP contribution in [0.3, 0.4) is 0 Å². The van der Waals surface area contributed by atoms with Crippen molar-refractivity contribution >= 4 is 22.4 Å². The number of nitrogens with one attached hydrogen (secondary N) is 1. The molecule has 5 nitrogen and oxygen atoms in total. The highest BCUT2D eigenvalue weighted by molar-refractivity contribution is 7.18. The molecule has 17 heavy (non-hydrogen) atoms. The fourth-order valence-electron chi connectivity index (χ4n) is 1.28. The van der Waals surface area contributed by atoms with Crippen molar-refractivity contribution in [3.8, 4) is 10.7 Å². The topological polar surface area (TPSA) is 67.8 Å². The van der Waals surface area contributed by atoms with Crippen LogP contribution in [0.25, 0.3) is 10.7 Å². The van der Waals surface area contributed by atoms with Crippen molar-refractivity contribution in [1.29, 1.82) is 0 Å². The fraction of sp³-hybridized carbons (Fsp3) is 0.273. The van der Waals surface area contributed by atoms with Crippen molar-refractivity contribution in [3.05, 3.63) is 24.4 Å². The summed E-state index contributed by atoms with van der Waals surface area (Å²) in [6.45, 7) is 1.96. The molecular weight excluding hydrogens is 236 g/mol. The molecule has 0 aliphatic rings. The van der Waals surface area contributed by atoms with Gasteiger partial charge in [-0.15, -0.1) is 10.2 Å². The molecule has 2 heterocycles. The predicted octanol–water partition coefficient (Wildman–Crippen LogP) is 2.34. The van der Waals surface area contributed by atoms with Gasteiger partial charge < -0.3 is 5.32 Å². The molecule has 0 aliphatic heterocycles. The predicted molar refractivity (Wildman–Crippen MR) is 66.7 cm³/mol. The van der Waals surface area contributed by atoms with Crippen LogP contribution in [0, 0.1) is 0 Å². The van der Waals surface area contributed by atoms with Gasteiger partial charge in [0.15, 0.2) is 5.01 Å². The van der Waals surface area contributed by atoms with E-state index in [-0.39, 0.29) is 5.91 Å². The second kappa shape index (κ2) is 5.49. The first-order valence-corrected chi connectivity index (χ1v) is 6.16. The number of aromatic nitrogens is 3. The Labute approximate surface area is 103 Å². The van der Waals surface area contributed by atoms with Crippen LogP contribution < -0.4 is 5.32 Å². The first-order valence-electron chi connectivity index (χ1n) is 5.34. The monoisotopic (exact) mass is 248 g/mol. The van der Waals surface area contributed by atoms with Crippen LogP contribution in [0.1, 0.15) is 19.8 Å². The van der Waals surface area contributed by atoms with Crippen LogP contribution in [0.5, 0.6) is 0 Å². The number of pyridine rings is 1. The number of anilines is 1. The number of carbonyl (C=O) groups is 1. The van der Waals surface area contributed by atoms with Crippen LogP contribution >= 0.6 is 11.3 Å². The largest absolute Gasteiger partial charge is 0.301 e. The summed E-state index contributed by atoms with van der Waals surface area (Å²) in [6.07, 6.45) is 3.02. The third-order valence-corrected chi connectivity index (χ3v) is 2.89. The summed E-state index contributed by atoms with van der Waals surface area (Å²) >= 11 is 1.32. The summed E-state index contributed by atoms with van der Waals surface area (Å²) in [5.74, 6) is -0.0313. The van der Waals surface area contributed by atoms with E-state index in [2.05, 4.69) is 20.5 Å². The van der Waals surface area contributed by atoms with Crippen LogP contribution in [0.15, 0.2) is 24.4 Å². The number of carbonyl (C=O) groups excluding carboxylic acids is 1. The molecule has 2 aromatic heterocycles. The van der Waals surface area contributed by atoms with E-state index in [0.29, 0.717) is 16.6 Å². The zero-order chi connectivity index (χ0) is 12.1. The van der Waals surface area contributed by atoms with Gasteiger partial charge in [0.25, 0.3) is 0 Å². The number of amides is 1. The van der Waals surface area contributed by atoms with E-state index in [1.54, 1.807) is 6.20 Å². The molecule has 0 saturated heterocycles. The molecule has 0 radical (unpaired) electrons. The summed E-state index contributed by atoms with van der Waals surface area (Å²) in [5, 5.41) is 11.8. The first kappa shape index (κ1) is 11.7. The maximum Gasteiger partial charge on any atom is 0.226 e. The molecule has 0 unspecified atom stereocenters. The lowest BCUT2D eigenvalue weighted by Gasteiger charge is -1.96. The lowest BCUT2D eigenvalue weighted by Crippen LogP contribution is -2.10. The summed E-state index contributed by atoms with van der Waals surface area (Å²) in [6, 6.07) is 5.59. The third-order valence-electron chi connectivity index (χ3n) is 2.03. The molecular formula is C11H12N4OS. The average molecular weight is 248 g/mol. The second-order valence-electron chi connectivity index (χ2n) is 3.43. The van der Waals surface area contributed by atoms with Gasteiger partial charge in [-0.05, 0) is 18.6 Å². The van der Waals surface area contributed by atoms with Gasteiger partial charge in [0.05, 0.1) is 0 Å². The Morgan fingerprint density at radius 3 is 3.00 bits per heavy atom. The van der Waals surface area contributed by atoms with E-state index < -0.39 is 0 Å². The van der Waals surface area contributed by atoms with Crippen LogP contribution in [0.4, 0.5) is 5.13 Å². The molecule has 0 atom stereocenters. The van der Waals surface area contributed by atoms with E-state index in [0.717, 1.165) is 12.1 Å². The quantitative estimate of drug-likeness (QED) is 0.901. The molecule has 0 saturated carbocycles. The Hall–Kier alpha value is -1.82. The van der Waals surface area contributed by atoms with Crippen molar-refractivity contribution in [2.24, 2.45) is 0 Å². The molecule has 0 aliphatic carbocycles. The highest BCUT2D eigenvalue weighted by atomic mass is 32.1. The zero-order valence-electron chi connectivity index (χ0n) is 9.38. The maximum absolute atomic E-state index is 11.4. The number of rotatable bonds is 4. The summed E-state index contributed by atoms with van der Waals surface area (Å²) in [4.78, 5) is 15.5. The minimum absolute atomic E-state index is 0.0313. The number of nitrogens with zero attached hydrogens (tertiary/aromatic N) is 3. The molecule has 0 aromatic carbocycles. The first-order chi connectivity index (χ1) is 8.29. The average Bonchev–Trinajstić information content (AvgIpc) is 2.79. The Kier molecular flexibility index (Phi) is 3.77. The summed E-state index contributed by atoms with van der Waals surface area (Å²) in [7, 11) is 0. The smallest absolute Gasteiger partial charge is 0.226 e. The van der Waals surface area contributed by atoms with E-state index in [9.17, 15) is 4.79 Å². The van der Waals surface area contributed by atoms with Crippen molar-refractivity contribution in [2.45, 2.75) is 19.8 Å². The minimum Gasteiger partial charge on any atom is -0.301 e.